The van der Waals surface area contributed by atoms with E-state index in [1.54, 1.807) is 0 Å². The molecule has 0 heterocycles. The Kier molecular flexibility index (Phi) is 15.0. The van der Waals surface area contributed by atoms with Crippen LogP contribution in [0.2, 0.25) is 0 Å². The van der Waals surface area contributed by atoms with Crippen molar-refractivity contribution < 1.29 is 31.8 Å². The minimum Gasteiger partial charge on any atom is -0.391 e. The SMILES string of the molecule is CC(C)CCNCC(=O)OC(=O)CNCCC(C)C.O=S(=O)(O)O. The second kappa shape index (κ2) is 14.3. The Morgan fingerprint density at radius 1 is 0.875 bits per heavy atom. The summed E-state index contributed by atoms with van der Waals surface area (Å²) in [6.45, 7) is 10.2. The van der Waals surface area contributed by atoms with Gasteiger partial charge in [-0.1, -0.05) is 27.7 Å². The maximum absolute atomic E-state index is 11.3. The molecule has 0 spiro atoms. The molecule has 24 heavy (non-hydrogen) atoms. The molecule has 4 N–H and O–H groups in total. The molecule has 0 aromatic heterocycles. The number of rotatable bonds is 10. The summed E-state index contributed by atoms with van der Waals surface area (Å²) in [5.41, 5.74) is 0. The van der Waals surface area contributed by atoms with E-state index in [2.05, 4.69) is 43.1 Å². The van der Waals surface area contributed by atoms with Crippen molar-refractivity contribution >= 4 is 22.3 Å². The zero-order valence-electron chi connectivity index (χ0n) is 14.7. The van der Waals surface area contributed by atoms with Crippen LogP contribution >= 0.6 is 0 Å². The number of nitrogens with one attached hydrogen (secondary N) is 2. The first kappa shape index (κ1) is 25.2. The van der Waals surface area contributed by atoms with Crippen LogP contribution in [0.25, 0.3) is 0 Å². The zero-order valence-corrected chi connectivity index (χ0v) is 15.6. The average Bonchev–Trinajstić information content (AvgIpc) is 2.37. The Morgan fingerprint density at radius 3 is 1.42 bits per heavy atom. The van der Waals surface area contributed by atoms with Crippen molar-refractivity contribution in [1.29, 1.82) is 0 Å². The van der Waals surface area contributed by atoms with E-state index in [0.29, 0.717) is 11.8 Å². The maximum atomic E-state index is 11.3. The molecule has 0 aliphatic rings. The Balaban J connectivity index is 0. The molecule has 9 nitrogen and oxygen atoms in total. The number of carbonyl (C=O) groups excluding carboxylic acids is 2. The quantitative estimate of drug-likeness (QED) is 0.189. The third-order valence-electron chi connectivity index (χ3n) is 2.56. The predicted octanol–water partition coefficient (Wildman–Crippen LogP) is 0.675. The molecule has 0 fully saturated rings. The summed E-state index contributed by atoms with van der Waals surface area (Å²) in [5, 5.41) is 5.91. The second-order valence-corrected chi connectivity index (χ2v) is 6.91. The molecule has 0 aliphatic carbocycles. The minimum absolute atomic E-state index is 0.0878. The second-order valence-electron chi connectivity index (χ2n) is 6.01. The van der Waals surface area contributed by atoms with Gasteiger partial charge in [0, 0.05) is 0 Å². The van der Waals surface area contributed by atoms with Crippen LogP contribution in [-0.4, -0.2) is 55.6 Å². The Labute approximate surface area is 144 Å². The molecule has 0 saturated carbocycles. The fraction of sp³-hybridized carbons (Fsp3) is 0.857. The van der Waals surface area contributed by atoms with Crippen molar-refractivity contribution in [3.05, 3.63) is 0 Å². The molecule has 0 rings (SSSR count). The first-order valence-corrected chi connectivity index (χ1v) is 9.16. The van der Waals surface area contributed by atoms with Crippen LogP contribution in [0, 0.1) is 11.8 Å². The van der Waals surface area contributed by atoms with Crippen molar-refractivity contribution in [3.63, 3.8) is 0 Å². The molecular weight excluding hydrogens is 340 g/mol. The monoisotopic (exact) mass is 370 g/mol. The van der Waals surface area contributed by atoms with Gasteiger partial charge >= 0.3 is 22.3 Å². The third kappa shape index (κ3) is 29.0. The first-order valence-electron chi connectivity index (χ1n) is 7.76. The Morgan fingerprint density at radius 2 is 1.17 bits per heavy atom. The van der Waals surface area contributed by atoms with Gasteiger partial charge in [-0.2, -0.15) is 8.42 Å². The van der Waals surface area contributed by atoms with Crippen LogP contribution in [0.15, 0.2) is 0 Å². The highest BCUT2D eigenvalue weighted by atomic mass is 32.3. The van der Waals surface area contributed by atoms with Crippen molar-refractivity contribution in [2.24, 2.45) is 11.8 Å². The third-order valence-corrected chi connectivity index (χ3v) is 2.56. The van der Waals surface area contributed by atoms with Gasteiger partial charge in [0.15, 0.2) is 0 Å². The summed E-state index contributed by atoms with van der Waals surface area (Å²) < 4.78 is 36.2. The number of hydrogen-bond acceptors (Lipinski definition) is 7. The largest absolute Gasteiger partial charge is 0.394 e. The number of hydrogen-bond donors (Lipinski definition) is 4. The lowest BCUT2D eigenvalue weighted by Gasteiger charge is -2.08. The lowest BCUT2D eigenvalue weighted by Crippen LogP contribution is -2.32. The van der Waals surface area contributed by atoms with Crippen molar-refractivity contribution in [2.75, 3.05) is 26.2 Å². The lowest BCUT2D eigenvalue weighted by molar-refractivity contribution is -0.158. The molecule has 0 unspecified atom stereocenters. The molecule has 0 bridgehead atoms. The molecule has 0 atom stereocenters. The summed E-state index contributed by atoms with van der Waals surface area (Å²) in [4.78, 5) is 22.6. The van der Waals surface area contributed by atoms with E-state index in [9.17, 15) is 9.59 Å². The summed E-state index contributed by atoms with van der Waals surface area (Å²) >= 11 is 0. The molecule has 0 aromatic rings. The molecule has 0 aromatic carbocycles. The minimum atomic E-state index is -4.67. The van der Waals surface area contributed by atoms with Gasteiger partial charge in [-0.3, -0.25) is 18.7 Å². The standard InChI is InChI=1S/C14H28N2O3.H2O4S/c1-11(2)5-7-15-9-13(17)19-14(18)10-16-8-6-12(3)4;1-5(2,3)4/h11-12,15-16H,5-10H2,1-4H3;(H2,1,2,3,4). The molecule has 0 amide bonds. The van der Waals surface area contributed by atoms with E-state index in [4.69, 9.17) is 17.5 Å². The van der Waals surface area contributed by atoms with Gasteiger partial charge in [0.2, 0.25) is 0 Å². The average molecular weight is 370 g/mol. The summed E-state index contributed by atoms with van der Waals surface area (Å²) in [7, 11) is -4.67. The molecule has 0 aliphatic heterocycles. The normalized spacial score (nSPS) is 11.2. The highest BCUT2D eigenvalue weighted by Gasteiger charge is 2.09. The fourth-order valence-electron chi connectivity index (χ4n) is 1.36. The van der Waals surface area contributed by atoms with Crippen LogP contribution < -0.4 is 10.6 Å². The topological polar surface area (TPSA) is 142 Å². The summed E-state index contributed by atoms with van der Waals surface area (Å²) in [5.74, 6) is 0.157. The van der Waals surface area contributed by atoms with Crippen LogP contribution in [0.1, 0.15) is 40.5 Å². The van der Waals surface area contributed by atoms with Crippen LogP contribution in [0.5, 0.6) is 0 Å². The van der Waals surface area contributed by atoms with Crippen LogP contribution in [0.4, 0.5) is 0 Å². The first-order chi connectivity index (χ1) is 10.9. The van der Waals surface area contributed by atoms with Gasteiger partial charge in [0.25, 0.3) is 0 Å². The Hall–Kier alpha value is -1.07. The van der Waals surface area contributed by atoms with Gasteiger partial charge in [-0.15, -0.1) is 0 Å². The van der Waals surface area contributed by atoms with E-state index in [0.717, 1.165) is 25.9 Å². The zero-order chi connectivity index (χ0) is 19.2. The Bertz CT molecular complexity index is 416. The smallest absolute Gasteiger partial charge is 0.391 e. The number of esters is 2. The van der Waals surface area contributed by atoms with E-state index < -0.39 is 22.3 Å². The van der Waals surface area contributed by atoms with Gasteiger partial charge in [0.1, 0.15) is 0 Å². The van der Waals surface area contributed by atoms with Crippen molar-refractivity contribution in [1.82, 2.24) is 10.6 Å². The summed E-state index contributed by atoms with van der Waals surface area (Å²) in [6.07, 6.45) is 2.00. The fourth-order valence-corrected chi connectivity index (χ4v) is 1.36. The van der Waals surface area contributed by atoms with E-state index in [1.807, 2.05) is 0 Å². The van der Waals surface area contributed by atoms with Gasteiger partial charge < -0.3 is 15.4 Å². The molecule has 0 saturated heterocycles. The van der Waals surface area contributed by atoms with E-state index in [-0.39, 0.29) is 13.1 Å². The maximum Gasteiger partial charge on any atom is 0.394 e. The van der Waals surface area contributed by atoms with Gasteiger partial charge in [-0.05, 0) is 37.8 Å². The van der Waals surface area contributed by atoms with Crippen LogP contribution in [0.3, 0.4) is 0 Å². The molecule has 10 heteroatoms. The lowest BCUT2D eigenvalue weighted by atomic mass is 10.1. The molecule has 144 valence electrons. The van der Waals surface area contributed by atoms with Crippen molar-refractivity contribution in [3.8, 4) is 0 Å². The molecule has 0 radical (unpaired) electrons. The predicted molar refractivity (Wildman–Crippen MR) is 89.9 cm³/mol. The van der Waals surface area contributed by atoms with E-state index in [1.165, 1.54) is 0 Å². The highest BCUT2D eigenvalue weighted by molar-refractivity contribution is 7.79. The van der Waals surface area contributed by atoms with Crippen LogP contribution in [-0.2, 0) is 24.7 Å². The summed E-state index contributed by atoms with van der Waals surface area (Å²) in [6, 6.07) is 0. The van der Waals surface area contributed by atoms with E-state index >= 15 is 0 Å². The number of carbonyl (C=O) groups is 2. The molecular formula is C14H30N2O7S. The number of ether oxygens (including phenoxy) is 1. The van der Waals surface area contributed by atoms with Gasteiger partial charge in [-0.25, -0.2) is 0 Å². The van der Waals surface area contributed by atoms with Gasteiger partial charge in [0.05, 0.1) is 13.1 Å². The van der Waals surface area contributed by atoms with Crippen molar-refractivity contribution in [2.45, 2.75) is 40.5 Å². The highest BCUT2D eigenvalue weighted by Crippen LogP contribution is 1.96.